The molecule has 3 aromatic rings. The minimum Gasteiger partial charge on any atom is -0.486 e. The Morgan fingerprint density at radius 3 is 2.67 bits per heavy atom. The standard InChI is InChI=1S/C20H25N7O2S/c1-5-27-14(13-6-7-15-16(10-13)29-9-8-28-15)11-22-20(27)30-12(2)17-23-18(21)25-19(24-17)26(3)4/h6-7,10-12H,5,8-9H2,1-4H3,(H2,21,23,24,25). The van der Waals surface area contributed by atoms with Gasteiger partial charge in [0.05, 0.1) is 17.1 Å². The summed E-state index contributed by atoms with van der Waals surface area (Å²) in [5.41, 5.74) is 7.94. The van der Waals surface area contributed by atoms with Crippen molar-refractivity contribution in [2.45, 2.75) is 30.8 Å². The van der Waals surface area contributed by atoms with Crippen molar-refractivity contribution in [1.29, 1.82) is 0 Å². The van der Waals surface area contributed by atoms with Crippen molar-refractivity contribution >= 4 is 23.7 Å². The maximum absolute atomic E-state index is 5.88. The molecule has 2 N–H and O–H groups in total. The van der Waals surface area contributed by atoms with Crippen LogP contribution in [0.5, 0.6) is 11.5 Å². The lowest BCUT2D eigenvalue weighted by atomic mass is 10.1. The van der Waals surface area contributed by atoms with E-state index < -0.39 is 0 Å². The molecule has 9 nitrogen and oxygen atoms in total. The highest BCUT2D eigenvalue weighted by atomic mass is 32.2. The highest BCUT2D eigenvalue weighted by molar-refractivity contribution is 7.99. The van der Waals surface area contributed by atoms with E-state index in [0.29, 0.717) is 25.0 Å². The van der Waals surface area contributed by atoms with Crippen molar-refractivity contribution in [3.63, 3.8) is 0 Å². The maximum Gasteiger partial charge on any atom is 0.229 e. The summed E-state index contributed by atoms with van der Waals surface area (Å²) in [6, 6.07) is 5.98. The van der Waals surface area contributed by atoms with Crippen LogP contribution in [0.3, 0.4) is 0 Å². The van der Waals surface area contributed by atoms with E-state index in [1.165, 1.54) is 0 Å². The molecule has 0 bridgehead atoms. The van der Waals surface area contributed by atoms with Gasteiger partial charge in [-0.1, -0.05) is 11.8 Å². The Morgan fingerprint density at radius 1 is 1.17 bits per heavy atom. The van der Waals surface area contributed by atoms with Crippen LogP contribution in [-0.2, 0) is 6.54 Å². The molecule has 10 heteroatoms. The number of rotatable bonds is 6. The second-order valence-corrected chi connectivity index (χ2v) is 8.34. The number of nitrogens with zero attached hydrogens (tertiary/aromatic N) is 6. The molecule has 1 aromatic carbocycles. The van der Waals surface area contributed by atoms with E-state index in [9.17, 15) is 0 Å². The van der Waals surface area contributed by atoms with E-state index in [4.69, 9.17) is 15.2 Å². The minimum absolute atomic E-state index is 0.0465. The number of hydrogen-bond donors (Lipinski definition) is 1. The van der Waals surface area contributed by atoms with Gasteiger partial charge in [-0.3, -0.25) is 0 Å². The second kappa shape index (κ2) is 8.39. The van der Waals surface area contributed by atoms with Gasteiger partial charge in [0, 0.05) is 26.2 Å². The van der Waals surface area contributed by atoms with Crippen LogP contribution in [0.2, 0.25) is 0 Å². The number of aromatic nitrogens is 5. The van der Waals surface area contributed by atoms with Gasteiger partial charge >= 0.3 is 0 Å². The maximum atomic E-state index is 5.88. The molecule has 2 aromatic heterocycles. The van der Waals surface area contributed by atoms with Crippen LogP contribution >= 0.6 is 11.8 Å². The molecule has 0 fully saturated rings. The van der Waals surface area contributed by atoms with Crippen molar-refractivity contribution in [3.05, 3.63) is 30.2 Å². The van der Waals surface area contributed by atoms with E-state index in [0.717, 1.165) is 34.5 Å². The average Bonchev–Trinajstić information content (AvgIpc) is 3.15. The second-order valence-electron chi connectivity index (χ2n) is 7.04. The third-order valence-electron chi connectivity index (χ3n) is 4.68. The highest BCUT2D eigenvalue weighted by Gasteiger charge is 2.20. The lowest BCUT2D eigenvalue weighted by molar-refractivity contribution is 0.171. The molecule has 0 saturated carbocycles. The van der Waals surface area contributed by atoms with Gasteiger partial charge in [-0.2, -0.15) is 15.0 Å². The van der Waals surface area contributed by atoms with E-state index in [-0.39, 0.29) is 11.2 Å². The zero-order valence-electron chi connectivity index (χ0n) is 17.5. The van der Waals surface area contributed by atoms with E-state index in [1.54, 1.807) is 11.8 Å². The SMILES string of the molecule is CCn1c(-c2ccc3c(c2)OCCO3)cnc1SC(C)c1nc(N)nc(N(C)C)n1. The van der Waals surface area contributed by atoms with Crippen LogP contribution < -0.4 is 20.1 Å². The van der Waals surface area contributed by atoms with Gasteiger partial charge in [-0.25, -0.2) is 4.98 Å². The molecule has 0 amide bonds. The van der Waals surface area contributed by atoms with Gasteiger partial charge < -0.3 is 24.7 Å². The Labute approximate surface area is 179 Å². The predicted molar refractivity (Wildman–Crippen MR) is 117 cm³/mol. The number of hydrogen-bond acceptors (Lipinski definition) is 9. The van der Waals surface area contributed by atoms with Gasteiger partial charge in [0.15, 0.2) is 16.7 Å². The monoisotopic (exact) mass is 427 g/mol. The first-order valence-electron chi connectivity index (χ1n) is 9.77. The first kappa shape index (κ1) is 20.3. The Bertz CT molecular complexity index is 1050. The first-order chi connectivity index (χ1) is 14.5. The summed E-state index contributed by atoms with van der Waals surface area (Å²) >= 11 is 1.59. The van der Waals surface area contributed by atoms with Gasteiger partial charge in [0.2, 0.25) is 11.9 Å². The summed E-state index contributed by atoms with van der Waals surface area (Å²) in [6.07, 6.45) is 1.89. The van der Waals surface area contributed by atoms with E-state index in [1.807, 2.05) is 50.3 Å². The number of nitrogens with two attached hydrogens (primary N) is 1. The summed E-state index contributed by atoms with van der Waals surface area (Å²) in [6.45, 7) is 6.06. The fourth-order valence-electron chi connectivity index (χ4n) is 3.18. The summed E-state index contributed by atoms with van der Waals surface area (Å²) in [5, 5.41) is 0.843. The van der Waals surface area contributed by atoms with Gasteiger partial charge in [0.25, 0.3) is 0 Å². The number of ether oxygens (including phenoxy) is 2. The largest absolute Gasteiger partial charge is 0.486 e. The quantitative estimate of drug-likeness (QED) is 0.594. The number of imidazole rings is 1. The number of benzene rings is 1. The molecule has 1 aliphatic rings. The molecule has 4 rings (SSSR count). The zero-order valence-corrected chi connectivity index (χ0v) is 18.3. The molecule has 1 atom stereocenters. The fraction of sp³-hybridized carbons (Fsp3) is 0.400. The lowest BCUT2D eigenvalue weighted by Gasteiger charge is -2.19. The average molecular weight is 428 g/mol. The molecule has 158 valence electrons. The smallest absolute Gasteiger partial charge is 0.229 e. The van der Waals surface area contributed by atoms with Crippen molar-refractivity contribution in [2.24, 2.45) is 0 Å². The van der Waals surface area contributed by atoms with Crippen molar-refractivity contribution in [3.8, 4) is 22.8 Å². The van der Waals surface area contributed by atoms with Crippen molar-refractivity contribution in [2.75, 3.05) is 37.9 Å². The summed E-state index contributed by atoms with van der Waals surface area (Å²) < 4.78 is 13.5. The normalized spacial score (nSPS) is 13.9. The molecule has 0 saturated heterocycles. The Balaban J connectivity index is 1.61. The molecular formula is C20H25N7O2S. The van der Waals surface area contributed by atoms with Crippen LogP contribution in [0.15, 0.2) is 29.6 Å². The third kappa shape index (κ3) is 4.00. The molecule has 1 unspecified atom stereocenters. The van der Waals surface area contributed by atoms with E-state index >= 15 is 0 Å². The number of nitrogen functional groups attached to an aromatic ring is 1. The Kier molecular flexibility index (Phi) is 5.67. The molecule has 0 radical (unpaired) electrons. The highest BCUT2D eigenvalue weighted by Crippen LogP contribution is 2.38. The number of fused-ring (bicyclic) bond motifs is 1. The van der Waals surface area contributed by atoms with Crippen LogP contribution in [0.1, 0.15) is 24.9 Å². The van der Waals surface area contributed by atoms with Crippen molar-refractivity contribution in [1.82, 2.24) is 24.5 Å². The fourth-order valence-corrected chi connectivity index (χ4v) is 4.18. The third-order valence-corrected chi connectivity index (χ3v) is 5.78. The van der Waals surface area contributed by atoms with Gasteiger partial charge in [-0.15, -0.1) is 0 Å². The first-order valence-corrected chi connectivity index (χ1v) is 10.6. The molecular weight excluding hydrogens is 402 g/mol. The number of thioether (sulfide) groups is 1. The van der Waals surface area contributed by atoms with Crippen molar-refractivity contribution < 1.29 is 9.47 Å². The van der Waals surface area contributed by atoms with Crippen LogP contribution in [0.25, 0.3) is 11.3 Å². The van der Waals surface area contributed by atoms with Crippen LogP contribution in [0.4, 0.5) is 11.9 Å². The minimum atomic E-state index is -0.0465. The summed E-state index contributed by atoms with van der Waals surface area (Å²) in [4.78, 5) is 19.5. The molecule has 0 spiro atoms. The van der Waals surface area contributed by atoms with Crippen LogP contribution in [-0.4, -0.2) is 51.8 Å². The number of anilines is 2. The van der Waals surface area contributed by atoms with Gasteiger partial charge in [-0.05, 0) is 32.0 Å². The zero-order chi connectivity index (χ0) is 21.3. The lowest BCUT2D eigenvalue weighted by Crippen LogP contribution is -2.16. The summed E-state index contributed by atoms with van der Waals surface area (Å²) in [7, 11) is 3.75. The van der Waals surface area contributed by atoms with E-state index in [2.05, 4.69) is 31.4 Å². The Hall–Kier alpha value is -3.01. The Morgan fingerprint density at radius 2 is 1.93 bits per heavy atom. The molecule has 1 aliphatic heterocycles. The molecule has 0 aliphatic carbocycles. The topological polar surface area (TPSA) is 104 Å². The predicted octanol–water partition coefficient (Wildman–Crippen LogP) is 3.03. The van der Waals surface area contributed by atoms with Crippen LogP contribution in [0, 0.1) is 0 Å². The molecule has 3 heterocycles. The molecule has 30 heavy (non-hydrogen) atoms. The summed E-state index contributed by atoms with van der Waals surface area (Å²) in [5.74, 6) is 2.93. The van der Waals surface area contributed by atoms with Gasteiger partial charge in [0.1, 0.15) is 19.0 Å².